The van der Waals surface area contributed by atoms with Gasteiger partial charge in [0.2, 0.25) is 11.9 Å². The van der Waals surface area contributed by atoms with E-state index in [9.17, 15) is 4.79 Å². The molecule has 130 valence electrons. The molecule has 0 spiro atoms. The third-order valence-corrected chi connectivity index (χ3v) is 4.01. The maximum Gasteiger partial charge on any atom is 0.221 e. The molecule has 4 rings (SSSR count). The van der Waals surface area contributed by atoms with E-state index in [1.54, 1.807) is 6.20 Å². The van der Waals surface area contributed by atoms with Crippen molar-refractivity contribution in [2.24, 2.45) is 0 Å². The van der Waals surface area contributed by atoms with E-state index in [-0.39, 0.29) is 5.91 Å². The quantitative estimate of drug-likeness (QED) is 0.526. The molecule has 3 aromatic heterocycles. The van der Waals surface area contributed by atoms with Crippen molar-refractivity contribution >= 4 is 34.3 Å². The summed E-state index contributed by atoms with van der Waals surface area (Å²) in [4.78, 5) is 27.4. The number of hydrogen-bond donors (Lipinski definition) is 3. The van der Waals surface area contributed by atoms with Gasteiger partial charge in [-0.3, -0.25) is 9.36 Å². The van der Waals surface area contributed by atoms with E-state index in [1.165, 1.54) is 13.3 Å². The Balaban J connectivity index is 1.72. The van der Waals surface area contributed by atoms with Crippen molar-refractivity contribution in [3.8, 4) is 5.82 Å². The van der Waals surface area contributed by atoms with Gasteiger partial charge in [-0.15, -0.1) is 0 Å². The Morgan fingerprint density at radius 1 is 1.19 bits per heavy atom. The zero-order valence-electron chi connectivity index (χ0n) is 14.3. The number of nitrogens with zero attached hydrogens (tertiary/aromatic N) is 4. The first kappa shape index (κ1) is 15.8. The largest absolute Gasteiger partial charge is 0.346 e. The van der Waals surface area contributed by atoms with Crippen molar-refractivity contribution in [2.45, 2.75) is 13.8 Å². The SMILES string of the molecule is CC(=O)Nc1ccc(C)c(Nc2nccn2-c2ncnc3[nH]ccc23)c1. The van der Waals surface area contributed by atoms with E-state index >= 15 is 0 Å². The fraction of sp³-hybridized carbons (Fsp3) is 0.111. The van der Waals surface area contributed by atoms with E-state index in [0.717, 1.165) is 33.8 Å². The fourth-order valence-electron chi connectivity index (χ4n) is 2.78. The Morgan fingerprint density at radius 2 is 2.08 bits per heavy atom. The summed E-state index contributed by atoms with van der Waals surface area (Å²) < 4.78 is 1.86. The highest BCUT2D eigenvalue weighted by molar-refractivity contribution is 5.89. The summed E-state index contributed by atoms with van der Waals surface area (Å²) in [5.74, 6) is 1.23. The number of amides is 1. The number of H-pyrrole nitrogens is 1. The molecule has 8 heteroatoms. The van der Waals surface area contributed by atoms with Crippen LogP contribution in [0.4, 0.5) is 17.3 Å². The second kappa shape index (κ2) is 6.32. The van der Waals surface area contributed by atoms with Crippen LogP contribution < -0.4 is 10.6 Å². The molecule has 0 bridgehead atoms. The van der Waals surface area contributed by atoms with Crippen molar-refractivity contribution < 1.29 is 4.79 Å². The fourth-order valence-corrected chi connectivity index (χ4v) is 2.78. The van der Waals surface area contributed by atoms with E-state index in [0.29, 0.717) is 5.95 Å². The molecular formula is C18H17N7O. The highest BCUT2D eigenvalue weighted by atomic mass is 16.1. The van der Waals surface area contributed by atoms with E-state index in [4.69, 9.17) is 0 Å². The Labute approximate surface area is 149 Å². The lowest BCUT2D eigenvalue weighted by Crippen LogP contribution is -2.07. The molecule has 4 aromatic rings. The molecule has 3 heterocycles. The lowest BCUT2D eigenvalue weighted by Gasteiger charge is -2.13. The van der Waals surface area contributed by atoms with Crippen LogP contribution in [0.1, 0.15) is 12.5 Å². The molecule has 0 saturated heterocycles. The highest BCUT2D eigenvalue weighted by Crippen LogP contribution is 2.26. The number of hydrogen-bond acceptors (Lipinski definition) is 5. The molecule has 3 N–H and O–H groups in total. The first-order valence-corrected chi connectivity index (χ1v) is 8.09. The molecule has 0 aliphatic carbocycles. The molecule has 1 amide bonds. The van der Waals surface area contributed by atoms with Gasteiger partial charge < -0.3 is 15.6 Å². The zero-order chi connectivity index (χ0) is 18.1. The summed E-state index contributed by atoms with van der Waals surface area (Å²) in [6.07, 6.45) is 6.88. The van der Waals surface area contributed by atoms with Crippen molar-refractivity contribution in [1.29, 1.82) is 0 Å². The number of anilines is 3. The molecule has 0 saturated carbocycles. The van der Waals surface area contributed by atoms with Crippen LogP contribution in [0.15, 0.2) is 49.2 Å². The number of aromatic amines is 1. The first-order chi connectivity index (χ1) is 12.6. The Hall–Kier alpha value is -3.68. The minimum absolute atomic E-state index is 0.114. The van der Waals surface area contributed by atoms with Crippen LogP contribution in [0.3, 0.4) is 0 Å². The molecule has 0 atom stereocenters. The molecule has 0 aliphatic rings. The van der Waals surface area contributed by atoms with Gasteiger partial charge in [0.1, 0.15) is 12.0 Å². The van der Waals surface area contributed by atoms with Crippen LogP contribution in [0.2, 0.25) is 0 Å². The van der Waals surface area contributed by atoms with Crippen LogP contribution in [0, 0.1) is 6.92 Å². The average Bonchev–Trinajstić information content (AvgIpc) is 3.26. The number of aromatic nitrogens is 5. The molecule has 0 fully saturated rings. The average molecular weight is 347 g/mol. The van der Waals surface area contributed by atoms with Crippen LogP contribution in [-0.2, 0) is 4.79 Å². The molecule has 0 radical (unpaired) electrons. The third kappa shape index (κ3) is 2.88. The van der Waals surface area contributed by atoms with E-state index in [1.807, 2.05) is 48.1 Å². The number of nitrogens with one attached hydrogen (secondary N) is 3. The summed E-state index contributed by atoms with van der Waals surface area (Å²) in [6, 6.07) is 7.61. The molecule has 8 nitrogen and oxygen atoms in total. The molecule has 26 heavy (non-hydrogen) atoms. The summed E-state index contributed by atoms with van der Waals surface area (Å²) >= 11 is 0. The zero-order valence-corrected chi connectivity index (χ0v) is 14.3. The lowest BCUT2D eigenvalue weighted by atomic mass is 10.2. The number of imidazole rings is 1. The van der Waals surface area contributed by atoms with E-state index < -0.39 is 0 Å². The van der Waals surface area contributed by atoms with Crippen molar-refractivity contribution in [3.63, 3.8) is 0 Å². The van der Waals surface area contributed by atoms with Crippen LogP contribution in [0.5, 0.6) is 0 Å². The predicted octanol–water partition coefficient (Wildman–Crippen LogP) is 3.15. The van der Waals surface area contributed by atoms with Crippen molar-refractivity contribution in [2.75, 3.05) is 10.6 Å². The second-order valence-electron chi connectivity index (χ2n) is 5.89. The van der Waals surface area contributed by atoms with Crippen molar-refractivity contribution in [1.82, 2.24) is 24.5 Å². The van der Waals surface area contributed by atoms with Gasteiger partial charge in [-0.1, -0.05) is 6.07 Å². The molecule has 1 aromatic carbocycles. The monoisotopic (exact) mass is 347 g/mol. The number of aryl methyl sites for hydroxylation is 1. The Bertz CT molecular complexity index is 1100. The lowest BCUT2D eigenvalue weighted by molar-refractivity contribution is -0.114. The summed E-state index contributed by atoms with van der Waals surface area (Å²) in [5, 5.41) is 7.01. The topological polar surface area (TPSA) is 101 Å². The van der Waals surface area contributed by atoms with Crippen LogP contribution in [-0.4, -0.2) is 30.4 Å². The molecule has 0 unspecified atom stereocenters. The smallest absolute Gasteiger partial charge is 0.221 e. The Kier molecular flexibility index (Phi) is 3.85. The number of rotatable bonds is 4. The second-order valence-corrected chi connectivity index (χ2v) is 5.89. The highest BCUT2D eigenvalue weighted by Gasteiger charge is 2.12. The van der Waals surface area contributed by atoms with Gasteiger partial charge in [-0.05, 0) is 30.7 Å². The third-order valence-electron chi connectivity index (χ3n) is 4.01. The van der Waals surface area contributed by atoms with Gasteiger partial charge >= 0.3 is 0 Å². The maximum atomic E-state index is 11.3. The molecular weight excluding hydrogens is 330 g/mol. The predicted molar refractivity (Wildman–Crippen MR) is 99.8 cm³/mol. The molecule has 0 aliphatic heterocycles. The summed E-state index contributed by atoms with van der Waals surface area (Å²) in [5.41, 5.74) is 3.36. The number of benzene rings is 1. The van der Waals surface area contributed by atoms with Gasteiger partial charge in [0, 0.05) is 36.9 Å². The standard InChI is InChI=1S/C18H17N7O/c1-11-3-4-13(23-12(2)26)9-15(11)24-18-20-7-8-25(18)17-14-5-6-19-16(14)21-10-22-17/h3-10H,1-2H3,(H,20,24)(H,23,26)(H,19,21,22). The van der Waals surface area contributed by atoms with E-state index in [2.05, 4.69) is 30.6 Å². The van der Waals surface area contributed by atoms with Gasteiger partial charge in [0.15, 0.2) is 5.82 Å². The summed E-state index contributed by atoms with van der Waals surface area (Å²) in [6.45, 7) is 3.47. The van der Waals surface area contributed by atoms with Crippen LogP contribution in [0.25, 0.3) is 16.9 Å². The number of fused-ring (bicyclic) bond motifs is 1. The van der Waals surface area contributed by atoms with Gasteiger partial charge in [-0.25, -0.2) is 15.0 Å². The van der Waals surface area contributed by atoms with Crippen LogP contribution >= 0.6 is 0 Å². The van der Waals surface area contributed by atoms with Gasteiger partial charge in [0.25, 0.3) is 0 Å². The maximum absolute atomic E-state index is 11.3. The van der Waals surface area contributed by atoms with Gasteiger partial charge in [-0.2, -0.15) is 0 Å². The number of carbonyl (C=O) groups is 1. The minimum atomic E-state index is -0.114. The minimum Gasteiger partial charge on any atom is -0.346 e. The number of carbonyl (C=O) groups excluding carboxylic acids is 1. The van der Waals surface area contributed by atoms with Crippen molar-refractivity contribution in [3.05, 3.63) is 54.7 Å². The normalized spacial score (nSPS) is 10.8. The first-order valence-electron chi connectivity index (χ1n) is 8.09. The summed E-state index contributed by atoms with van der Waals surface area (Å²) in [7, 11) is 0. The Morgan fingerprint density at radius 3 is 2.92 bits per heavy atom. The van der Waals surface area contributed by atoms with Gasteiger partial charge in [0.05, 0.1) is 5.39 Å².